The second kappa shape index (κ2) is 9.94. The molecule has 3 N–H and O–H groups in total. The molecule has 0 saturated carbocycles. The molecule has 3 rings (SSSR count). The molecule has 134 valence electrons. The summed E-state index contributed by atoms with van der Waals surface area (Å²) in [6, 6.07) is 1.48. The van der Waals surface area contributed by atoms with Gasteiger partial charge in [-0.25, -0.2) is 0 Å². The first-order valence-corrected chi connectivity index (χ1v) is 10.0. The van der Waals surface area contributed by atoms with Gasteiger partial charge in [0.2, 0.25) is 0 Å². The summed E-state index contributed by atoms with van der Waals surface area (Å²) in [6.07, 6.45) is 8.08. The van der Waals surface area contributed by atoms with Crippen LogP contribution in [0.4, 0.5) is 0 Å². The molecule has 4 unspecified atom stereocenters. The highest BCUT2D eigenvalue weighted by molar-refractivity contribution is 4.84. The molecule has 0 spiro atoms. The van der Waals surface area contributed by atoms with E-state index in [1.54, 1.807) is 0 Å². The zero-order valence-corrected chi connectivity index (χ0v) is 14.9. The van der Waals surface area contributed by atoms with Crippen molar-refractivity contribution in [1.82, 2.24) is 25.8 Å². The minimum absolute atomic E-state index is 0.735. The predicted octanol–water partition coefficient (Wildman–Crippen LogP) is 0.478. The van der Waals surface area contributed by atoms with Crippen LogP contribution in [0.3, 0.4) is 0 Å². The van der Waals surface area contributed by atoms with Crippen molar-refractivity contribution in [3.05, 3.63) is 0 Å². The molecule has 3 heterocycles. The van der Waals surface area contributed by atoms with Crippen LogP contribution in [0.5, 0.6) is 0 Å². The Labute approximate surface area is 142 Å². The van der Waals surface area contributed by atoms with Gasteiger partial charge >= 0.3 is 0 Å². The molecule has 5 heteroatoms. The number of piperidine rings is 1. The third-order valence-corrected chi connectivity index (χ3v) is 5.85. The first-order chi connectivity index (χ1) is 11.4. The molecule has 4 atom stereocenters. The lowest BCUT2D eigenvalue weighted by molar-refractivity contribution is 0.123. The monoisotopic (exact) mass is 323 g/mol. The van der Waals surface area contributed by atoms with Crippen LogP contribution in [-0.4, -0.2) is 87.3 Å². The fourth-order valence-corrected chi connectivity index (χ4v) is 4.39. The number of rotatable bonds is 2. The summed E-state index contributed by atoms with van der Waals surface area (Å²) in [7, 11) is 0. The molecule has 0 aromatic rings. The normalized spacial score (nSPS) is 38.1. The van der Waals surface area contributed by atoms with E-state index in [0.717, 1.165) is 25.2 Å². The van der Waals surface area contributed by atoms with Gasteiger partial charge in [-0.05, 0) is 58.3 Å². The van der Waals surface area contributed by atoms with Gasteiger partial charge in [-0.2, -0.15) is 0 Å². The Morgan fingerprint density at radius 3 is 2.52 bits per heavy atom. The molecule has 0 aliphatic carbocycles. The molecule has 23 heavy (non-hydrogen) atoms. The number of hydrogen-bond acceptors (Lipinski definition) is 5. The molecule has 0 amide bonds. The number of nitrogens with one attached hydrogen (secondary N) is 3. The van der Waals surface area contributed by atoms with Gasteiger partial charge in [0.25, 0.3) is 0 Å². The average molecular weight is 324 g/mol. The Kier molecular flexibility index (Phi) is 7.62. The first kappa shape index (κ1) is 17.6. The topological polar surface area (TPSA) is 42.6 Å². The standard InChI is InChI=1S/C18H37N5/c1-2-7-21-17(4-1)16-18-5-8-20-9-12-22-11-3-6-19-10-13-23(18)15-14-22/h17-21H,1-16H2. The SMILES string of the molecule is C1CCC(CC2CCNCCN3CCCNCCN2CC3)NC1. The van der Waals surface area contributed by atoms with E-state index in [4.69, 9.17) is 0 Å². The van der Waals surface area contributed by atoms with Gasteiger partial charge in [0.15, 0.2) is 0 Å². The van der Waals surface area contributed by atoms with Gasteiger partial charge in [0, 0.05) is 51.4 Å². The van der Waals surface area contributed by atoms with E-state index < -0.39 is 0 Å². The third kappa shape index (κ3) is 5.98. The van der Waals surface area contributed by atoms with Gasteiger partial charge < -0.3 is 20.9 Å². The molecular weight excluding hydrogens is 286 g/mol. The van der Waals surface area contributed by atoms with Crippen molar-refractivity contribution in [2.75, 3.05) is 65.4 Å². The highest BCUT2D eigenvalue weighted by Crippen LogP contribution is 2.18. The van der Waals surface area contributed by atoms with Gasteiger partial charge in [-0.3, -0.25) is 4.90 Å². The molecule has 3 aliphatic heterocycles. The Balaban J connectivity index is 1.62. The van der Waals surface area contributed by atoms with Crippen molar-refractivity contribution in [3.63, 3.8) is 0 Å². The Morgan fingerprint density at radius 1 is 0.696 bits per heavy atom. The average Bonchev–Trinajstić information content (AvgIpc) is 2.60. The smallest absolute Gasteiger partial charge is 0.0123 e. The Morgan fingerprint density at radius 2 is 1.61 bits per heavy atom. The highest BCUT2D eigenvalue weighted by Gasteiger charge is 2.24. The lowest BCUT2D eigenvalue weighted by atomic mass is 9.95. The lowest BCUT2D eigenvalue weighted by Gasteiger charge is -2.38. The summed E-state index contributed by atoms with van der Waals surface area (Å²) in [4.78, 5) is 5.45. The van der Waals surface area contributed by atoms with E-state index in [0.29, 0.717) is 0 Å². The highest BCUT2D eigenvalue weighted by atomic mass is 15.2. The first-order valence-electron chi connectivity index (χ1n) is 10.0. The molecule has 3 saturated heterocycles. The summed E-state index contributed by atoms with van der Waals surface area (Å²) in [5.41, 5.74) is 0. The zero-order valence-electron chi connectivity index (χ0n) is 14.9. The second-order valence-electron chi connectivity index (χ2n) is 7.56. The van der Waals surface area contributed by atoms with Gasteiger partial charge in [-0.1, -0.05) is 6.42 Å². The third-order valence-electron chi connectivity index (χ3n) is 5.85. The molecular formula is C18H37N5. The van der Waals surface area contributed by atoms with Crippen molar-refractivity contribution in [2.24, 2.45) is 0 Å². The van der Waals surface area contributed by atoms with E-state index in [-0.39, 0.29) is 0 Å². The van der Waals surface area contributed by atoms with Crippen molar-refractivity contribution in [1.29, 1.82) is 0 Å². The van der Waals surface area contributed by atoms with Crippen molar-refractivity contribution in [2.45, 2.75) is 50.6 Å². The number of nitrogens with zero attached hydrogens (tertiary/aromatic N) is 2. The van der Waals surface area contributed by atoms with Crippen LogP contribution in [-0.2, 0) is 0 Å². The van der Waals surface area contributed by atoms with E-state index in [1.807, 2.05) is 0 Å². The fraction of sp³-hybridized carbons (Fsp3) is 1.00. The van der Waals surface area contributed by atoms with E-state index in [1.165, 1.54) is 90.9 Å². The molecule has 5 nitrogen and oxygen atoms in total. The van der Waals surface area contributed by atoms with Crippen LogP contribution in [0.2, 0.25) is 0 Å². The Bertz CT molecular complexity index is 317. The van der Waals surface area contributed by atoms with Gasteiger partial charge in [0.05, 0.1) is 0 Å². The van der Waals surface area contributed by atoms with Crippen LogP contribution in [0.1, 0.15) is 38.5 Å². The van der Waals surface area contributed by atoms with E-state index in [9.17, 15) is 0 Å². The summed E-state index contributed by atoms with van der Waals surface area (Å²) < 4.78 is 0. The van der Waals surface area contributed by atoms with Crippen molar-refractivity contribution >= 4 is 0 Å². The summed E-state index contributed by atoms with van der Waals surface area (Å²) >= 11 is 0. The number of hydrogen-bond donors (Lipinski definition) is 3. The Hall–Kier alpha value is -0.200. The predicted molar refractivity (Wildman–Crippen MR) is 97.0 cm³/mol. The maximum atomic E-state index is 3.77. The van der Waals surface area contributed by atoms with Gasteiger partial charge in [-0.15, -0.1) is 0 Å². The minimum atomic E-state index is 0.735. The summed E-state index contributed by atoms with van der Waals surface area (Å²) in [5.74, 6) is 0. The van der Waals surface area contributed by atoms with Gasteiger partial charge in [0.1, 0.15) is 0 Å². The van der Waals surface area contributed by atoms with Crippen LogP contribution in [0.25, 0.3) is 0 Å². The molecule has 0 aromatic carbocycles. The maximum Gasteiger partial charge on any atom is 0.0123 e. The number of fused-ring (bicyclic) bond motifs is 3. The molecule has 0 radical (unpaired) electrons. The zero-order chi connectivity index (χ0) is 15.7. The molecule has 3 fully saturated rings. The largest absolute Gasteiger partial charge is 0.315 e. The quantitative estimate of drug-likeness (QED) is 0.690. The molecule has 3 aliphatic rings. The minimum Gasteiger partial charge on any atom is -0.315 e. The van der Waals surface area contributed by atoms with Crippen LogP contribution < -0.4 is 16.0 Å². The second-order valence-corrected chi connectivity index (χ2v) is 7.56. The fourth-order valence-electron chi connectivity index (χ4n) is 4.39. The van der Waals surface area contributed by atoms with E-state index in [2.05, 4.69) is 25.8 Å². The van der Waals surface area contributed by atoms with Crippen LogP contribution in [0.15, 0.2) is 0 Å². The molecule has 0 aromatic heterocycles. The summed E-state index contributed by atoms with van der Waals surface area (Å²) in [5, 5.41) is 11.1. The van der Waals surface area contributed by atoms with E-state index >= 15 is 0 Å². The lowest BCUT2D eigenvalue weighted by Crippen LogP contribution is -2.51. The van der Waals surface area contributed by atoms with Crippen molar-refractivity contribution < 1.29 is 0 Å². The maximum absolute atomic E-state index is 3.77. The van der Waals surface area contributed by atoms with Crippen LogP contribution in [0, 0.1) is 0 Å². The van der Waals surface area contributed by atoms with Crippen molar-refractivity contribution in [3.8, 4) is 0 Å². The summed E-state index contributed by atoms with van der Waals surface area (Å²) in [6.45, 7) is 12.1. The van der Waals surface area contributed by atoms with Crippen LogP contribution >= 0.6 is 0 Å². The molecule has 2 bridgehead atoms.